The summed E-state index contributed by atoms with van der Waals surface area (Å²) in [6.07, 6.45) is 2.47. The van der Waals surface area contributed by atoms with E-state index < -0.39 is 0 Å². The van der Waals surface area contributed by atoms with Crippen LogP contribution in [0.5, 0.6) is 0 Å². The Morgan fingerprint density at radius 2 is 2.29 bits per heavy atom. The molecular formula is C12H25ClN2O2. The molecule has 0 aromatic rings. The molecule has 0 aromatic carbocycles. The number of hydrogen-bond donors (Lipinski definition) is 1. The van der Waals surface area contributed by atoms with Crippen molar-refractivity contribution in [3.63, 3.8) is 0 Å². The average Bonchev–Trinajstić information content (AvgIpc) is 2.78. The summed E-state index contributed by atoms with van der Waals surface area (Å²) in [6, 6.07) is 0. The summed E-state index contributed by atoms with van der Waals surface area (Å²) in [5, 5.41) is 3.04. The SMILES string of the molecule is CCN(CC1CCCO1)C(=O)C(C)CNC.Cl. The minimum absolute atomic E-state index is 0. The van der Waals surface area contributed by atoms with E-state index in [0.717, 1.165) is 39.1 Å². The zero-order valence-electron chi connectivity index (χ0n) is 11.1. The van der Waals surface area contributed by atoms with E-state index in [2.05, 4.69) is 5.32 Å². The molecule has 0 spiro atoms. The molecule has 2 atom stereocenters. The van der Waals surface area contributed by atoms with E-state index in [0.29, 0.717) is 0 Å². The number of hydrogen-bond acceptors (Lipinski definition) is 3. The Kier molecular flexibility index (Phi) is 8.56. The molecule has 1 amide bonds. The molecule has 0 radical (unpaired) electrons. The third-order valence-electron chi connectivity index (χ3n) is 3.07. The van der Waals surface area contributed by atoms with Crippen LogP contribution in [0.25, 0.3) is 0 Å². The molecule has 0 aliphatic carbocycles. The van der Waals surface area contributed by atoms with Crippen molar-refractivity contribution in [1.82, 2.24) is 10.2 Å². The maximum absolute atomic E-state index is 12.1. The summed E-state index contributed by atoms with van der Waals surface area (Å²) in [6.45, 7) is 7.11. The fourth-order valence-electron chi connectivity index (χ4n) is 2.11. The average molecular weight is 265 g/mol. The molecule has 1 N–H and O–H groups in total. The van der Waals surface area contributed by atoms with Crippen molar-refractivity contribution >= 4 is 18.3 Å². The third-order valence-corrected chi connectivity index (χ3v) is 3.07. The first-order chi connectivity index (χ1) is 7.69. The Balaban J connectivity index is 0.00000256. The molecule has 0 saturated carbocycles. The predicted molar refractivity (Wildman–Crippen MR) is 71.6 cm³/mol. The van der Waals surface area contributed by atoms with Crippen LogP contribution in [0.3, 0.4) is 0 Å². The predicted octanol–water partition coefficient (Wildman–Crippen LogP) is 1.29. The highest BCUT2D eigenvalue weighted by molar-refractivity contribution is 5.85. The number of likely N-dealkylation sites (N-methyl/N-ethyl adjacent to an activating group) is 1. The van der Waals surface area contributed by atoms with Crippen molar-refractivity contribution in [2.75, 3.05) is 33.3 Å². The highest BCUT2D eigenvalue weighted by Gasteiger charge is 2.24. The summed E-state index contributed by atoms with van der Waals surface area (Å²) in [7, 11) is 1.88. The van der Waals surface area contributed by atoms with E-state index >= 15 is 0 Å². The zero-order chi connectivity index (χ0) is 12.0. The Morgan fingerprint density at radius 3 is 2.76 bits per heavy atom. The van der Waals surface area contributed by atoms with Gasteiger partial charge in [0.25, 0.3) is 0 Å². The standard InChI is InChI=1S/C12H24N2O2.ClH/c1-4-14(9-11-6-5-7-16-11)12(15)10(2)8-13-3;/h10-11,13H,4-9H2,1-3H3;1H. The highest BCUT2D eigenvalue weighted by atomic mass is 35.5. The van der Waals surface area contributed by atoms with Gasteiger partial charge in [-0.2, -0.15) is 0 Å². The van der Waals surface area contributed by atoms with Gasteiger partial charge < -0.3 is 15.0 Å². The van der Waals surface area contributed by atoms with E-state index in [-0.39, 0.29) is 30.3 Å². The first kappa shape index (κ1) is 16.7. The summed E-state index contributed by atoms with van der Waals surface area (Å²) in [5.41, 5.74) is 0. The summed E-state index contributed by atoms with van der Waals surface area (Å²) >= 11 is 0. The van der Waals surface area contributed by atoms with Gasteiger partial charge in [-0.1, -0.05) is 6.92 Å². The number of carbonyl (C=O) groups excluding carboxylic acids is 1. The van der Waals surface area contributed by atoms with Crippen LogP contribution in [0.15, 0.2) is 0 Å². The lowest BCUT2D eigenvalue weighted by Gasteiger charge is -2.26. The molecule has 102 valence electrons. The first-order valence-corrected chi connectivity index (χ1v) is 6.24. The van der Waals surface area contributed by atoms with Crippen LogP contribution in [0, 0.1) is 5.92 Å². The van der Waals surface area contributed by atoms with E-state index in [4.69, 9.17) is 4.74 Å². The molecule has 17 heavy (non-hydrogen) atoms. The van der Waals surface area contributed by atoms with Gasteiger partial charge in [-0.3, -0.25) is 4.79 Å². The van der Waals surface area contributed by atoms with Crippen LogP contribution in [-0.4, -0.2) is 50.2 Å². The molecule has 1 fully saturated rings. The number of nitrogens with zero attached hydrogens (tertiary/aromatic N) is 1. The summed E-state index contributed by atoms with van der Waals surface area (Å²) in [4.78, 5) is 14.0. The van der Waals surface area contributed by atoms with Gasteiger partial charge in [-0.15, -0.1) is 12.4 Å². The lowest BCUT2D eigenvalue weighted by Crippen LogP contribution is -2.42. The number of amides is 1. The van der Waals surface area contributed by atoms with Gasteiger partial charge in [0.2, 0.25) is 5.91 Å². The summed E-state index contributed by atoms with van der Waals surface area (Å²) in [5.74, 6) is 0.277. The molecule has 5 heteroatoms. The van der Waals surface area contributed by atoms with E-state index in [1.54, 1.807) is 0 Å². The topological polar surface area (TPSA) is 41.6 Å². The third kappa shape index (κ3) is 5.23. The van der Waals surface area contributed by atoms with Crippen molar-refractivity contribution < 1.29 is 9.53 Å². The minimum Gasteiger partial charge on any atom is -0.376 e. The maximum Gasteiger partial charge on any atom is 0.226 e. The lowest BCUT2D eigenvalue weighted by molar-refractivity contribution is -0.136. The smallest absolute Gasteiger partial charge is 0.226 e. The molecule has 0 bridgehead atoms. The normalized spacial score (nSPS) is 20.8. The van der Waals surface area contributed by atoms with Crippen LogP contribution >= 0.6 is 12.4 Å². The Bertz CT molecular complexity index is 221. The molecule has 1 rings (SSSR count). The second-order valence-corrected chi connectivity index (χ2v) is 4.47. The molecule has 1 heterocycles. The van der Waals surface area contributed by atoms with E-state index in [9.17, 15) is 4.79 Å². The second-order valence-electron chi connectivity index (χ2n) is 4.47. The minimum atomic E-state index is 0. The molecule has 0 aromatic heterocycles. The lowest BCUT2D eigenvalue weighted by atomic mass is 10.1. The van der Waals surface area contributed by atoms with Crippen molar-refractivity contribution in [2.45, 2.75) is 32.8 Å². The van der Waals surface area contributed by atoms with E-state index in [1.165, 1.54) is 0 Å². The molecule has 1 saturated heterocycles. The monoisotopic (exact) mass is 264 g/mol. The Morgan fingerprint density at radius 1 is 1.59 bits per heavy atom. The number of halogens is 1. The number of ether oxygens (including phenoxy) is 1. The molecular weight excluding hydrogens is 240 g/mol. The Labute approximate surface area is 110 Å². The van der Waals surface area contributed by atoms with Crippen LogP contribution in [0.4, 0.5) is 0 Å². The van der Waals surface area contributed by atoms with Crippen LogP contribution in [0.2, 0.25) is 0 Å². The van der Waals surface area contributed by atoms with E-state index in [1.807, 2.05) is 25.8 Å². The van der Waals surface area contributed by atoms with Gasteiger partial charge in [-0.05, 0) is 26.8 Å². The number of carbonyl (C=O) groups is 1. The maximum atomic E-state index is 12.1. The van der Waals surface area contributed by atoms with Crippen LogP contribution < -0.4 is 5.32 Å². The number of rotatable bonds is 6. The Hall–Kier alpha value is -0.320. The first-order valence-electron chi connectivity index (χ1n) is 6.24. The highest BCUT2D eigenvalue weighted by Crippen LogP contribution is 2.14. The van der Waals surface area contributed by atoms with Crippen molar-refractivity contribution in [3.05, 3.63) is 0 Å². The fourth-order valence-corrected chi connectivity index (χ4v) is 2.11. The summed E-state index contributed by atoms with van der Waals surface area (Å²) < 4.78 is 5.57. The van der Waals surface area contributed by atoms with Crippen molar-refractivity contribution in [2.24, 2.45) is 5.92 Å². The second kappa shape index (κ2) is 8.72. The van der Waals surface area contributed by atoms with Gasteiger partial charge in [0.1, 0.15) is 0 Å². The van der Waals surface area contributed by atoms with Crippen molar-refractivity contribution in [1.29, 1.82) is 0 Å². The van der Waals surface area contributed by atoms with Crippen LogP contribution in [-0.2, 0) is 9.53 Å². The fraction of sp³-hybridized carbons (Fsp3) is 0.917. The van der Waals surface area contributed by atoms with Gasteiger partial charge in [0.05, 0.1) is 6.10 Å². The molecule has 1 aliphatic rings. The molecule has 2 unspecified atom stereocenters. The van der Waals surface area contributed by atoms with Gasteiger partial charge in [-0.25, -0.2) is 0 Å². The van der Waals surface area contributed by atoms with Crippen molar-refractivity contribution in [3.8, 4) is 0 Å². The zero-order valence-corrected chi connectivity index (χ0v) is 11.9. The largest absolute Gasteiger partial charge is 0.376 e. The van der Waals surface area contributed by atoms with Gasteiger partial charge >= 0.3 is 0 Å². The number of nitrogens with one attached hydrogen (secondary N) is 1. The van der Waals surface area contributed by atoms with Gasteiger partial charge in [0, 0.05) is 32.2 Å². The molecule has 1 aliphatic heterocycles. The van der Waals surface area contributed by atoms with Crippen LogP contribution in [0.1, 0.15) is 26.7 Å². The quantitative estimate of drug-likeness (QED) is 0.786. The van der Waals surface area contributed by atoms with Gasteiger partial charge in [0.15, 0.2) is 0 Å². The molecule has 4 nitrogen and oxygen atoms in total.